The second-order valence-electron chi connectivity index (χ2n) is 5.64. The van der Waals surface area contributed by atoms with Gasteiger partial charge in [0.15, 0.2) is 11.5 Å². The fourth-order valence-corrected chi connectivity index (χ4v) is 2.28. The Hall–Kier alpha value is -4.14. The van der Waals surface area contributed by atoms with Crippen molar-refractivity contribution in [3.63, 3.8) is 0 Å². The van der Waals surface area contributed by atoms with E-state index in [0.29, 0.717) is 11.1 Å². The van der Waals surface area contributed by atoms with Crippen LogP contribution in [0.1, 0.15) is 37.8 Å². The van der Waals surface area contributed by atoms with E-state index in [1.807, 2.05) is 6.92 Å². The standard InChI is InChI=1S/C19H16N4O5/c1-12-8-13(10-20-22-18(25)15-4-2-6-27-15)17(24)14(9-12)11-21-23-19(26)16-5-3-7-28-16/h2-11,24H,1H3,(H,22,25)(H,23,26)/b20-10-,21-11-. The van der Waals surface area contributed by atoms with Crippen LogP contribution in [0.5, 0.6) is 5.75 Å². The van der Waals surface area contributed by atoms with Gasteiger partial charge in [0.2, 0.25) is 0 Å². The van der Waals surface area contributed by atoms with E-state index < -0.39 is 11.8 Å². The van der Waals surface area contributed by atoms with E-state index >= 15 is 0 Å². The highest BCUT2D eigenvalue weighted by molar-refractivity contribution is 5.95. The molecule has 9 heteroatoms. The monoisotopic (exact) mass is 380 g/mol. The zero-order valence-corrected chi connectivity index (χ0v) is 14.7. The number of aryl methyl sites for hydroxylation is 1. The molecule has 0 unspecified atom stereocenters. The van der Waals surface area contributed by atoms with Crippen molar-refractivity contribution in [2.24, 2.45) is 10.2 Å². The van der Waals surface area contributed by atoms with Crippen LogP contribution in [-0.4, -0.2) is 29.4 Å². The fraction of sp³-hybridized carbons (Fsp3) is 0.0526. The zero-order valence-electron chi connectivity index (χ0n) is 14.7. The molecule has 142 valence electrons. The summed E-state index contributed by atoms with van der Waals surface area (Å²) < 4.78 is 9.91. The van der Waals surface area contributed by atoms with E-state index in [1.54, 1.807) is 24.3 Å². The van der Waals surface area contributed by atoms with Crippen LogP contribution < -0.4 is 10.9 Å². The number of hydrazone groups is 2. The van der Waals surface area contributed by atoms with Crippen LogP contribution >= 0.6 is 0 Å². The lowest BCUT2D eigenvalue weighted by Crippen LogP contribution is -2.17. The Kier molecular flexibility index (Phi) is 5.66. The summed E-state index contributed by atoms with van der Waals surface area (Å²) in [5.41, 5.74) is 6.13. The van der Waals surface area contributed by atoms with Crippen LogP contribution in [0.3, 0.4) is 0 Å². The molecule has 0 aliphatic rings. The average molecular weight is 380 g/mol. The second-order valence-corrected chi connectivity index (χ2v) is 5.64. The zero-order chi connectivity index (χ0) is 19.9. The number of hydrogen-bond donors (Lipinski definition) is 3. The number of aromatic hydroxyl groups is 1. The maximum absolute atomic E-state index is 11.8. The highest BCUT2D eigenvalue weighted by atomic mass is 16.3. The van der Waals surface area contributed by atoms with E-state index in [1.165, 1.54) is 37.1 Å². The molecule has 1 aromatic carbocycles. The quantitative estimate of drug-likeness (QED) is 0.447. The average Bonchev–Trinajstić information content (AvgIpc) is 3.38. The molecule has 0 saturated carbocycles. The number of hydrogen-bond acceptors (Lipinski definition) is 7. The maximum Gasteiger partial charge on any atom is 0.307 e. The summed E-state index contributed by atoms with van der Waals surface area (Å²) in [5.74, 6) is -0.916. The van der Waals surface area contributed by atoms with E-state index in [2.05, 4.69) is 21.1 Å². The van der Waals surface area contributed by atoms with Crippen LogP contribution in [0, 0.1) is 6.92 Å². The Balaban J connectivity index is 1.69. The summed E-state index contributed by atoms with van der Waals surface area (Å²) in [6.07, 6.45) is 5.34. The van der Waals surface area contributed by atoms with Crippen molar-refractivity contribution < 1.29 is 23.5 Å². The molecular formula is C19H16N4O5. The molecule has 0 saturated heterocycles. The minimum Gasteiger partial charge on any atom is -0.507 e. The smallest absolute Gasteiger partial charge is 0.307 e. The normalized spacial score (nSPS) is 11.2. The van der Waals surface area contributed by atoms with Gasteiger partial charge in [0.1, 0.15) is 5.75 Å². The lowest BCUT2D eigenvalue weighted by molar-refractivity contribution is 0.0920. The third kappa shape index (κ3) is 4.52. The van der Waals surface area contributed by atoms with Crippen LogP contribution in [-0.2, 0) is 0 Å². The van der Waals surface area contributed by atoms with Crippen molar-refractivity contribution in [3.8, 4) is 5.75 Å². The van der Waals surface area contributed by atoms with E-state index in [4.69, 9.17) is 8.83 Å². The van der Waals surface area contributed by atoms with Crippen molar-refractivity contribution in [2.45, 2.75) is 6.92 Å². The molecule has 3 rings (SSSR count). The number of nitrogens with one attached hydrogen (secondary N) is 2. The van der Waals surface area contributed by atoms with Gasteiger partial charge in [-0.1, -0.05) is 0 Å². The van der Waals surface area contributed by atoms with E-state index in [-0.39, 0.29) is 17.3 Å². The van der Waals surface area contributed by atoms with E-state index in [9.17, 15) is 14.7 Å². The van der Waals surface area contributed by atoms with Crippen molar-refractivity contribution in [3.05, 3.63) is 77.1 Å². The third-order valence-corrected chi connectivity index (χ3v) is 3.54. The van der Waals surface area contributed by atoms with Gasteiger partial charge in [0.25, 0.3) is 0 Å². The highest BCUT2D eigenvalue weighted by Crippen LogP contribution is 2.21. The molecule has 2 amide bonds. The van der Waals surface area contributed by atoms with Crippen LogP contribution in [0.2, 0.25) is 0 Å². The van der Waals surface area contributed by atoms with Crippen molar-refractivity contribution in [1.82, 2.24) is 10.9 Å². The maximum atomic E-state index is 11.8. The number of benzene rings is 1. The van der Waals surface area contributed by atoms with Gasteiger partial charge in [-0.3, -0.25) is 9.59 Å². The van der Waals surface area contributed by atoms with Crippen molar-refractivity contribution in [2.75, 3.05) is 0 Å². The molecule has 0 aliphatic carbocycles. The third-order valence-electron chi connectivity index (χ3n) is 3.54. The van der Waals surface area contributed by atoms with Crippen molar-refractivity contribution in [1.29, 1.82) is 0 Å². The summed E-state index contributed by atoms with van der Waals surface area (Å²) in [5, 5.41) is 18.0. The Morgan fingerprint density at radius 2 is 1.39 bits per heavy atom. The number of rotatable bonds is 6. The van der Waals surface area contributed by atoms with E-state index in [0.717, 1.165) is 5.56 Å². The molecule has 0 spiro atoms. The number of carbonyl (C=O) groups is 2. The van der Waals surface area contributed by atoms with Gasteiger partial charge in [-0.25, -0.2) is 10.9 Å². The van der Waals surface area contributed by atoms with Crippen LogP contribution in [0.4, 0.5) is 0 Å². The lowest BCUT2D eigenvalue weighted by atomic mass is 10.1. The predicted octanol–water partition coefficient (Wildman–Crippen LogP) is 2.41. The summed E-state index contributed by atoms with van der Waals surface area (Å²) in [7, 11) is 0. The molecule has 2 aromatic heterocycles. The molecule has 0 aliphatic heterocycles. The van der Waals surface area contributed by atoms with Gasteiger partial charge < -0.3 is 13.9 Å². The fourth-order valence-electron chi connectivity index (χ4n) is 2.28. The number of furan rings is 2. The van der Waals surface area contributed by atoms with Crippen LogP contribution in [0.25, 0.3) is 0 Å². The molecule has 2 heterocycles. The topological polar surface area (TPSA) is 129 Å². The molecule has 0 atom stereocenters. The summed E-state index contributed by atoms with van der Waals surface area (Å²) in [6.45, 7) is 1.82. The minimum atomic E-state index is -0.518. The number of nitrogens with zero attached hydrogens (tertiary/aromatic N) is 2. The number of phenols is 1. The first-order chi connectivity index (χ1) is 13.5. The van der Waals surface area contributed by atoms with Gasteiger partial charge >= 0.3 is 11.8 Å². The lowest BCUT2D eigenvalue weighted by Gasteiger charge is -2.05. The largest absolute Gasteiger partial charge is 0.507 e. The molecule has 28 heavy (non-hydrogen) atoms. The Morgan fingerprint density at radius 1 is 0.929 bits per heavy atom. The first kappa shape index (κ1) is 18.6. The first-order valence-electron chi connectivity index (χ1n) is 8.12. The van der Waals surface area contributed by atoms with Gasteiger partial charge in [0.05, 0.1) is 25.0 Å². The minimum absolute atomic E-state index is 0.113. The number of phenolic OH excluding ortho intramolecular Hbond substituents is 1. The molecule has 0 radical (unpaired) electrons. The second kappa shape index (κ2) is 8.49. The molecule has 0 fully saturated rings. The van der Waals surface area contributed by atoms with Crippen molar-refractivity contribution >= 4 is 24.2 Å². The van der Waals surface area contributed by atoms with Gasteiger partial charge in [0, 0.05) is 11.1 Å². The molecular weight excluding hydrogens is 364 g/mol. The summed E-state index contributed by atoms with van der Waals surface area (Å²) in [4.78, 5) is 23.5. The Labute approximate surface area is 159 Å². The molecule has 3 aromatic rings. The molecule has 0 bridgehead atoms. The Bertz CT molecular complexity index is 942. The van der Waals surface area contributed by atoms with Gasteiger partial charge in [-0.15, -0.1) is 0 Å². The van der Waals surface area contributed by atoms with Gasteiger partial charge in [-0.2, -0.15) is 10.2 Å². The highest BCUT2D eigenvalue weighted by Gasteiger charge is 2.09. The van der Waals surface area contributed by atoms with Crippen LogP contribution in [0.15, 0.2) is 68.0 Å². The summed E-state index contributed by atoms with van der Waals surface area (Å²) >= 11 is 0. The first-order valence-corrected chi connectivity index (χ1v) is 8.12. The Morgan fingerprint density at radius 3 is 1.79 bits per heavy atom. The summed E-state index contributed by atoms with van der Waals surface area (Å²) in [6, 6.07) is 9.52. The SMILES string of the molecule is Cc1cc(/C=N\NC(=O)c2ccco2)c(O)c(/C=N\NC(=O)c2ccco2)c1. The molecule has 3 N–H and O–H groups in total. The number of amides is 2. The predicted molar refractivity (Wildman–Crippen MR) is 100 cm³/mol. The van der Waals surface area contributed by atoms with Gasteiger partial charge in [-0.05, 0) is 48.9 Å². The molecule has 9 nitrogen and oxygen atoms in total. The number of carbonyl (C=O) groups excluding carboxylic acids is 2.